The Morgan fingerprint density at radius 3 is 2.61 bits per heavy atom. The van der Waals surface area contributed by atoms with E-state index >= 15 is 0 Å². The molecule has 3 heteroatoms. The van der Waals surface area contributed by atoms with Gasteiger partial charge in [0.2, 0.25) is 0 Å². The summed E-state index contributed by atoms with van der Waals surface area (Å²) in [5.74, 6) is 1.83. The van der Waals surface area contributed by atoms with E-state index in [0.29, 0.717) is 0 Å². The minimum absolute atomic E-state index is 0.189. The fourth-order valence-corrected chi connectivity index (χ4v) is 2.57. The quantitative estimate of drug-likeness (QED) is 0.853. The number of anilines is 1. The molecule has 0 aliphatic carbocycles. The maximum absolute atomic E-state index is 6.08. The standard InChI is InChI=1S/C20H23NO2/c1-4-20(2)12-11-16-13-17(7-10-19(16)23-20)21-14-15-5-8-18(22-3)9-6-15/h5-13,21H,4,14H2,1-3H3. The Kier molecular flexibility index (Phi) is 4.28. The fraction of sp³-hybridized carbons (Fsp3) is 0.300. The fourth-order valence-electron chi connectivity index (χ4n) is 2.57. The molecular weight excluding hydrogens is 286 g/mol. The number of rotatable bonds is 5. The summed E-state index contributed by atoms with van der Waals surface area (Å²) >= 11 is 0. The average Bonchev–Trinajstić information content (AvgIpc) is 2.60. The van der Waals surface area contributed by atoms with Crippen molar-refractivity contribution in [3.05, 3.63) is 59.7 Å². The second-order valence-corrected chi connectivity index (χ2v) is 6.06. The van der Waals surface area contributed by atoms with Crippen molar-refractivity contribution < 1.29 is 9.47 Å². The number of fused-ring (bicyclic) bond motifs is 1. The van der Waals surface area contributed by atoms with Gasteiger partial charge in [-0.2, -0.15) is 0 Å². The molecule has 23 heavy (non-hydrogen) atoms. The summed E-state index contributed by atoms with van der Waals surface area (Å²) in [6.45, 7) is 5.03. The number of benzene rings is 2. The van der Waals surface area contributed by atoms with E-state index in [9.17, 15) is 0 Å². The van der Waals surface area contributed by atoms with Crippen molar-refractivity contribution in [3.8, 4) is 11.5 Å². The minimum Gasteiger partial charge on any atom is -0.497 e. The number of hydrogen-bond acceptors (Lipinski definition) is 3. The molecule has 3 rings (SSSR count). The van der Waals surface area contributed by atoms with Gasteiger partial charge in [0.1, 0.15) is 17.1 Å². The van der Waals surface area contributed by atoms with E-state index in [2.05, 4.69) is 55.6 Å². The van der Waals surface area contributed by atoms with E-state index in [1.54, 1.807) is 7.11 Å². The van der Waals surface area contributed by atoms with Crippen LogP contribution in [0, 0.1) is 0 Å². The van der Waals surface area contributed by atoms with E-state index < -0.39 is 0 Å². The van der Waals surface area contributed by atoms with Crippen molar-refractivity contribution in [2.45, 2.75) is 32.4 Å². The Balaban J connectivity index is 1.68. The molecule has 1 heterocycles. The van der Waals surface area contributed by atoms with Crippen LogP contribution in [0.25, 0.3) is 6.08 Å². The first-order valence-corrected chi connectivity index (χ1v) is 8.01. The van der Waals surface area contributed by atoms with Gasteiger partial charge < -0.3 is 14.8 Å². The molecule has 0 spiro atoms. The molecular formula is C20H23NO2. The highest BCUT2D eigenvalue weighted by atomic mass is 16.5. The molecule has 1 aliphatic rings. The van der Waals surface area contributed by atoms with Gasteiger partial charge in [-0.25, -0.2) is 0 Å². The molecule has 2 aromatic carbocycles. The molecule has 0 saturated heterocycles. The minimum atomic E-state index is -0.189. The summed E-state index contributed by atoms with van der Waals surface area (Å²) < 4.78 is 11.3. The first-order valence-electron chi connectivity index (χ1n) is 8.01. The van der Waals surface area contributed by atoms with Crippen molar-refractivity contribution in [1.29, 1.82) is 0 Å². The van der Waals surface area contributed by atoms with Crippen molar-refractivity contribution in [2.75, 3.05) is 12.4 Å². The largest absolute Gasteiger partial charge is 0.497 e. The van der Waals surface area contributed by atoms with Gasteiger partial charge in [0.25, 0.3) is 0 Å². The lowest BCUT2D eigenvalue weighted by Gasteiger charge is -2.30. The van der Waals surface area contributed by atoms with Gasteiger partial charge in [-0.05, 0) is 55.3 Å². The Labute approximate surface area is 137 Å². The average molecular weight is 309 g/mol. The van der Waals surface area contributed by atoms with Gasteiger partial charge >= 0.3 is 0 Å². The summed E-state index contributed by atoms with van der Waals surface area (Å²) in [6.07, 6.45) is 5.25. The summed E-state index contributed by atoms with van der Waals surface area (Å²) in [5, 5.41) is 3.45. The van der Waals surface area contributed by atoms with Crippen LogP contribution in [0.4, 0.5) is 5.69 Å². The Bertz CT molecular complexity index is 706. The van der Waals surface area contributed by atoms with E-state index in [0.717, 1.165) is 35.7 Å². The van der Waals surface area contributed by atoms with Gasteiger partial charge in [0.05, 0.1) is 7.11 Å². The third-order valence-electron chi connectivity index (χ3n) is 4.33. The van der Waals surface area contributed by atoms with Crippen molar-refractivity contribution in [3.63, 3.8) is 0 Å². The van der Waals surface area contributed by atoms with Gasteiger partial charge in [0, 0.05) is 17.8 Å². The normalized spacial score (nSPS) is 18.9. The first kappa shape index (κ1) is 15.5. The van der Waals surface area contributed by atoms with Crippen LogP contribution >= 0.6 is 0 Å². The van der Waals surface area contributed by atoms with Gasteiger partial charge in [-0.3, -0.25) is 0 Å². The monoisotopic (exact) mass is 309 g/mol. The van der Waals surface area contributed by atoms with Gasteiger partial charge in [-0.15, -0.1) is 0 Å². The third-order valence-corrected chi connectivity index (χ3v) is 4.33. The molecule has 2 aromatic rings. The highest BCUT2D eigenvalue weighted by Crippen LogP contribution is 2.34. The van der Waals surface area contributed by atoms with Crippen LogP contribution in [0.1, 0.15) is 31.4 Å². The van der Waals surface area contributed by atoms with Crippen LogP contribution in [-0.4, -0.2) is 12.7 Å². The van der Waals surface area contributed by atoms with E-state index in [1.165, 1.54) is 5.56 Å². The lowest BCUT2D eigenvalue weighted by molar-refractivity contribution is 0.133. The van der Waals surface area contributed by atoms with Gasteiger partial charge in [-0.1, -0.05) is 25.1 Å². The molecule has 0 fully saturated rings. The third kappa shape index (κ3) is 3.50. The maximum atomic E-state index is 6.08. The molecule has 120 valence electrons. The van der Waals surface area contributed by atoms with E-state index in [4.69, 9.17) is 9.47 Å². The highest BCUT2D eigenvalue weighted by Gasteiger charge is 2.25. The van der Waals surface area contributed by atoms with Crippen molar-refractivity contribution >= 4 is 11.8 Å². The van der Waals surface area contributed by atoms with Crippen LogP contribution in [0.5, 0.6) is 11.5 Å². The SMILES string of the molecule is CCC1(C)C=Cc2cc(NCc3ccc(OC)cc3)ccc2O1. The number of methoxy groups -OCH3 is 1. The molecule has 0 aromatic heterocycles. The molecule has 1 N–H and O–H groups in total. The summed E-state index contributed by atoms with van der Waals surface area (Å²) in [4.78, 5) is 0. The zero-order valence-electron chi connectivity index (χ0n) is 13.9. The smallest absolute Gasteiger partial charge is 0.127 e. The lowest BCUT2D eigenvalue weighted by atomic mass is 9.97. The Morgan fingerprint density at radius 1 is 1.13 bits per heavy atom. The summed E-state index contributed by atoms with van der Waals surface area (Å²) in [6, 6.07) is 14.3. The molecule has 0 bridgehead atoms. The molecule has 0 radical (unpaired) electrons. The lowest BCUT2D eigenvalue weighted by Crippen LogP contribution is -2.30. The van der Waals surface area contributed by atoms with E-state index in [1.807, 2.05) is 18.2 Å². The molecule has 1 aliphatic heterocycles. The van der Waals surface area contributed by atoms with Crippen molar-refractivity contribution in [1.82, 2.24) is 0 Å². The Morgan fingerprint density at radius 2 is 1.91 bits per heavy atom. The second-order valence-electron chi connectivity index (χ2n) is 6.06. The molecule has 1 atom stereocenters. The number of nitrogens with one attached hydrogen (secondary N) is 1. The second kappa shape index (κ2) is 6.37. The van der Waals surface area contributed by atoms with E-state index in [-0.39, 0.29) is 5.60 Å². The maximum Gasteiger partial charge on any atom is 0.127 e. The van der Waals surface area contributed by atoms with Crippen LogP contribution in [-0.2, 0) is 6.54 Å². The molecule has 0 amide bonds. The highest BCUT2D eigenvalue weighted by molar-refractivity contribution is 5.66. The predicted molar refractivity (Wildman–Crippen MR) is 95.1 cm³/mol. The van der Waals surface area contributed by atoms with Crippen LogP contribution < -0.4 is 14.8 Å². The molecule has 3 nitrogen and oxygen atoms in total. The van der Waals surface area contributed by atoms with Crippen LogP contribution in [0.15, 0.2) is 48.5 Å². The Hall–Kier alpha value is -2.42. The summed E-state index contributed by atoms with van der Waals surface area (Å²) in [7, 11) is 1.68. The van der Waals surface area contributed by atoms with Crippen LogP contribution in [0.3, 0.4) is 0 Å². The number of ether oxygens (including phenoxy) is 2. The zero-order chi connectivity index (χ0) is 16.3. The topological polar surface area (TPSA) is 30.5 Å². The zero-order valence-corrected chi connectivity index (χ0v) is 13.9. The number of hydrogen-bond donors (Lipinski definition) is 1. The van der Waals surface area contributed by atoms with Crippen LogP contribution in [0.2, 0.25) is 0 Å². The molecule has 0 saturated carbocycles. The van der Waals surface area contributed by atoms with Crippen molar-refractivity contribution in [2.24, 2.45) is 0 Å². The molecule has 1 unspecified atom stereocenters. The first-order chi connectivity index (χ1) is 11.1. The van der Waals surface area contributed by atoms with Gasteiger partial charge in [0.15, 0.2) is 0 Å². The predicted octanol–water partition coefficient (Wildman–Crippen LogP) is 4.88. The summed E-state index contributed by atoms with van der Waals surface area (Å²) in [5.41, 5.74) is 3.24.